The van der Waals surface area contributed by atoms with Gasteiger partial charge in [-0.1, -0.05) is 24.3 Å². The maximum atomic E-state index is 13.1. The topological polar surface area (TPSA) is 86.7 Å². The zero-order chi connectivity index (χ0) is 20.0. The van der Waals surface area contributed by atoms with Gasteiger partial charge in [-0.3, -0.25) is 19.2 Å². The van der Waals surface area contributed by atoms with Gasteiger partial charge in [-0.15, -0.1) is 0 Å². The van der Waals surface area contributed by atoms with Crippen molar-refractivity contribution in [3.05, 3.63) is 82.0 Å². The summed E-state index contributed by atoms with van der Waals surface area (Å²) in [5, 5.41) is 0. The Labute approximate surface area is 160 Å². The molecule has 0 fully saturated rings. The molecule has 0 unspecified atom stereocenters. The van der Waals surface area contributed by atoms with Crippen LogP contribution in [0.25, 0.3) is 0 Å². The van der Waals surface area contributed by atoms with Crippen molar-refractivity contribution in [1.82, 2.24) is 0 Å². The van der Waals surface area contributed by atoms with Crippen LogP contribution in [0.5, 0.6) is 11.5 Å². The maximum absolute atomic E-state index is 13.1. The summed E-state index contributed by atoms with van der Waals surface area (Å²) < 4.78 is 10.4. The molecule has 2 aromatic rings. The molecule has 0 heterocycles. The number of carbonyl (C=O) groups is 4. The van der Waals surface area contributed by atoms with Crippen LogP contribution in [0.4, 0.5) is 0 Å². The zero-order valence-electron chi connectivity index (χ0n) is 15.1. The number of ketones is 4. The summed E-state index contributed by atoms with van der Waals surface area (Å²) in [4.78, 5) is 51.4. The van der Waals surface area contributed by atoms with Gasteiger partial charge in [0, 0.05) is 22.3 Å². The second-order valence-corrected chi connectivity index (χ2v) is 6.27. The molecule has 2 aromatic carbocycles. The SMILES string of the molecule is COc1cccc2c1C(=O)C(C1=CC(=O)c3cccc(OC)c3C1=O)=CC2=O. The van der Waals surface area contributed by atoms with Crippen molar-refractivity contribution < 1.29 is 28.7 Å². The second kappa shape index (κ2) is 6.42. The number of allylic oxidation sites excluding steroid dienone is 4. The predicted octanol–water partition coefficient (Wildman–Crippen LogP) is 3.01. The van der Waals surface area contributed by atoms with Crippen molar-refractivity contribution in [2.75, 3.05) is 14.2 Å². The maximum Gasteiger partial charge on any atom is 0.198 e. The van der Waals surface area contributed by atoms with Crippen molar-refractivity contribution in [1.29, 1.82) is 0 Å². The molecule has 2 aliphatic rings. The van der Waals surface area contributed by atoms with Crippen LogP contribution in [0.3, 0.4) is 0 Å². The van der Waals surface area contributed by atoms with Gasteiger partial charge < -0.3 is 9.47 Å². The van der Waals surface area contributed by atoms with Crippen LogP contribution in [-0.4, -0.2) is 37.4 Å². The van der Waals surface area contributed by atoms with Crippen molar-refractivity contribution in [3.8, 4) is 11.5 Å². The Kier molecular flexibility index (Phi) is 4.04. The Morgan fingerprint density at radius 3 is 1.36 bits per heavy atom. The second-order valence-electron chi connectivity index (χ2n) is 6.27. The average molecular weight is 374 g/mol. The molecule has 28 heavy (non-hydrogen) atoms. The number of rotatable bonds is 3. The summed E-state index contributed by atoms with van der Waals surface area (Å²) in [6.45, 7) is 0. The van der Waals surface area contributed by atoms with Crippen LogP contribution in [-0.2, 0) is 0 Å². The van der Waals surface area contributed by atoms with Gasteiger partial charge in [0.1, 0.15) is 11.5 Å². The molecule has 0 N–H and O–H groups in total. The number of ether oxygens (including phenoxy) is 2. The molecule has 0 atom stereocenters. The largest absolute Gasteiger partial charge is 0.496 e. The molecule has 4 rings (SSSR count). The highest BCUT2D eigenvalue weighted by molar-refractivity contribution is 6.35. The summed E-state index contributed by atoms with van der Waals surface area (Å²) in [6.07, 6.45) is 2.20. The van der Waals surface area contributed by atoms with Gasteiger partial charge in [0.15, 0.2) is 23.1 Å². The van der Waals surface area contributed by atoms with E-state index in [2.05, 4.69) is 0 Å². The van der Waals surface area contributed by atoms with Gasteiger partial charge in [0.2, 0.25) is 0 Å². The summed E-state index contributed by atoms with van der Waals surface area (Å²) in [5.74, 6) is -1.49. The molecule has 0 radical (unpaired) electrons. The van der Waals surface area contributed by atoms with Gasteiger partial charge in [-0.25, -0.2) is 0 Å². The van der Waals surface area contributed by atoms with Crippen LogP contribution in [0.15, 0.2) is 59.7 Å². The van der Waals surface area contributed by atoms with E-state index in [1.807, 2.05) is 0 Å². The highest BCUT2D eigenvalue weighted by Crippen LogP contribution is 2.37. The predicted molar refractivity (Wildman–Crippen MR) is 99.5 cm³/mol. The number of benzene rings is 2. The third-order valence-electron chi connectivity index (χ3n) is 4.81. The molecule has 138 valence electrons. The molecular formula is C22H14O6. The fourth-order valence-electron chi connectivity index (χ4n) is 3.50. The first-order valence-corrected chi connectivity index (χ1v) is 8.43. The van der Waals surface area contributed by atoms with E-state index >= 15 is 0 Å². The molecule has 0 saturated heterocycles. The van der Waals surface area contributed by atoms with E-state index in [-0.39, 0.29) is 44.9 Å². The van der Waals surface area contributed by atoms with Crippen LogP contribution in [0, 0.1) is 0 Å². The zero-order valence-corrected chi connectivity index (χ0v) is 15.1. The van der Waals surface area contributed by atoms with Gasteiger partial charge in [0.25, 0.3) is 0 Å². The third-order valence-corrected chi connectivity index (χ3v) is 4.81. The first-order chi connectivity index (χ1) is 13.5. The molecule has 0 saturated carbocycles. The Hall–Kier alpha value is -3.80. The first-order valence-electron chi connectivity index (χ1n) is 8.43. The molecule has 6 nitrogen and oxygen atoms in total. The van der Waals surface area contributed by atoms with Gasteiger partial charge >= 0.3 is 0 Å². The standard InChI is InChI=1S/C22H14O6/c1-27-17-7-3-5-11-15(23)9-13(21(25)19(11)17)14-10-16(24)12-6-4-8-18(28-2)20(12)22(14)26/h3-10H,1-2H3. The third kappa shape index (κ3) is 2.42. The average Bonchev–Trinajstić information content (AvgIpc) is 2.72. The van der Waals surface area contributed by atoms with Crippen molar-refractivity contribution >= 4 is 23.1 Å². The molecule has 0 aliphatic heterocycles. The fourth-order valence-corrected chi connectivity index (χ4v) is 3.50. The number of hydrogen-bond donors (Lipinski definition) is 0. The number of methoxy groups -OCH3 is 2. The van der Waals surface area contributed by atoms with Gasteiger partial charge in [-0.2, -0.15) is 0 Å². The normalized spacial score (nSPS) is 15.5. The lowest BCUT2D eigenvalue weighted by atomic mass is 9.79. The summed E-state index contributed by atoms with van der Waals surface area (Å²) in [7, 11) is 2.78. The molecule has 0 spiro atoms. The van der Waals surface area contributed by atoms with E-state index in [4.69, 9.17) is 9.47 Å². The van der Waals surface area contributed by atoms with Crippen molar-refractivity contribution in [3.63, 3.8) is 0 Å². The minimum atomic E-state index is -0.544. The molecule has 0 amide bonds. The quantitative estimate of drug-likeness (QED) is 0.821. The highest BCUT2D eigenvalue weighted by atomic mass is 16.5. The Balaban J connectivity index is 1.89. The minimum absolute atomic E-state index is 0.0828. The number of Topliss-reactive ketones (excluding diaryl/α,β-unsaturated/α-hetero) is 2. The van der Waals surface area contributed by atoms with Crippen molar-refractivity contribution in [2.24, 2.45) is 0 Å². The monoisotopic (exact) mass is 374 g/mol. The summed E-state index contributed by atoms with van der Waals surface area (Å²) in [6, 6.07) is 9.38. The van der Waals surface area contributed by atoms with Crippen LogP contribution < -0.4 is 9.47 Å². The van der Waals surface area contributed by atoms with Gasteiger partial charge in [0.05, 0.1) is 25.3 Å². The smallest absolute Gasteiger partial charge is 0.198 e. The first kappa shape index (κ1) is 17.6. The van der Waals surface area contributed by atoms with E-state index in [0.717, 1.165) is 12.2 Å². The van der Waals surface area contributed by atoms with E-state index in [9.17, 15) is 19.2 Å². The highest BCUT2D eigenvalue weighted by Gasteiger charge is 2.37. The lowest BCUT2D eigenvalue weighted by molar-refractivity contribution is 0.0959. The van der Waals surface area contributed by atoms with Crippen LogP contribution in [0.2, 0.25) is 0 Å². The number of carbonyl (C=O) groups excluding carboxylic acids is 4. The Morgan fingerprint density at radius 2 is 1.00 bits per heavy atom. The fraction of sp³-hybridized carbons (Fsp3) is 0.0909. The molecule has 0 aromatic heterocycles. The van der Waals surface area contributed by atoms with Crippen LogP contribution >= 0.6 is 0 Å². The van der Waals surface area contributed by atoms with E-state index < -0.39 is 23.1 Å². The van der Waals surface area contributed by atoms with E-state index in [1.54, 1.807) is 24.3 Å². The van der Waals surface area contributed by atoms with Crippen LogP contribution in [0.1, 0.15) is 41.4 Å². The van der Waals surface area contributed by atoms with E-state index in [0.29, 0.717) is 0 Å². The molecular weight excluding hydrogens is 360 g/mol. The minimum Gasteiger partial charge on any atom is -0.496 e. The van der Waals surface area contributed by atoms with E-state index in [1.165, 1.54) is 26.4 Å². The molecule has 0 bridgehead atoms. The van der Waals surface area contributed by atoms with Gasteiger partial charge in [-0.05, 0) is 24.3 Å². The Bertz CT molecular complexity index is 1060. The summed E-state index contributed by atoms with van der Waals surface area (Å²) in [5.41, 5.74) is 0.301. The lowest BCUT2D eigenvalue weighted by Gasteiger charge is -2.22. The number of hydrogen-bond acceptors (Lipinski definition) is 6. The summed E-state index contributed by atoms with van der Waals surface area (Å²) >= 11 is 0. The lowest BCUT2D eigenvalue weighted by Crippen LogP contribution is -2.25. The molecule has 6 heteroatoms. The molecule has 2 aliphatic carbocycles. The van der Waals surface area contributed by atoms with Crippen molar-refractivity contribution in [2.45, 2.75) is 0 Å². The number of fused-ring (bicyclic) bond motifs is 2. The Morgan fingerprint density at radius 1 is 0.607 bits per heavy atom.